The van der Waals surface area contributed by atoms with E-state index in [-0.39, 0.29) is 5.91 Å². The predicted molar refractivity (Wildman–Crippen MR) is 110 cm³/mol. The van der Waals surface area contributed by atoms with Gasteiger partial charge >= 0.3 is 0 Å². The molecular formula is C22H36N2O3. The average Bonchev–Trinajstić information content (AvgIpc) is 2.69. The topological polar surface area (TPSA) is 50.8 Å². The molecule has 0 bridgehead atoms. The number of nitrogens with one attached hydrogen (secondary N) is 1. The molecule has 5 nitrogen and oxygen atoms in total. The summed E-state index contributed by atoms with van der Waals surface area (Å²) in [7, 11) is 1.59. The number of carbonyl (C=O) groups excluding carboxylic acids is 1. The molecule has 1 aromatic rings. The van der Waals surface area contributed by atoms with Crippen LogP contribution in [0, 0.1) is 0 Å². The van der Waals surface area contributed by atoms with E-state index in [2.05, 4.69) is 24.1 Å². The lowest BCUT2D eigenvalue weighted by Gasteiger charge is -2.33. The number of piperidine rings is 1. The van der Waals surface area contributed by atoms with E-state index >= 15 is 0 Å². The second kappa shape index (κ2) is 10.7. The van der Waals surface area contributed by atoms with Gasteiger partial charge in [0.25, 0.3) is 5.91 Å². The Kier molecular flexibility index (Phi) is 8.58. The third-order valence-electron chi connectivity index (χ3n) is 5.64. The van der Waals surface area contributed by atoms with Gasteiger partial charge in [0.1, 0.15) is 18.0 Å². The van der Waals surface area contributed by atoms with Crippen molar-refractivity contribution in [3.05, 3.63) is 24.3 Å². The molecule has 2 atom stereocenters. The van der Waals surface area contributed by atoms with E-state index in [1.165, 1.54) is 25.8 Å². The Bertz CT molecular complexity index is 575. The van der Waals surface area contributed by atoms with E-state index in [4.69, 9.17) is 9.47 Å². The van der Waals surface area contributed by atoms with Crippen molar-refractivity contribution in [3.63, 3.8) is 0 Å². The van der Waals surface area contributed by atoms with Gasteiger partial charge in [-0.15, -0.1) is 0 Å². The number of ether oxygens (including phenoxy) is 2. The fourth-order valence-electron chi connectivity index (χ4n) is 3.49. The van der Waals surface area contributed by atoms with Crippen LogP contribution in [0.3, 0.4) is 0 Å². The van der Waals surface area contributed by atoms with E-state index in [9.17, 15) is 4.79 Å². The Labute approximate surface area is 164 Å². The molecule has 1 amide bonds. The zero-order valence-electron chi connectivity index (χ0n) is 17.4. The van der Waals surface area contributed by atoms with Gasteiger partial charge in [0.15, 0.2) is 0 Å². The summed E-state index contributed by atoms with van der Waals surface area (Å²) in [5.41, 5.74) is -0.0344. The van der Waals surface area contributed by atoms with Gasteiger partial charge in [-0.05, 0) is 63.9 Å². The first-order valence-electron chi connectivity index (χ1n) is 10.3. The zero-order chi connectivity index (χ0) is 19.7. The molecule has 5 heteroatoms. The van der Waals surface area contributed by atoms with Crippen molar-refractivity contribution in [3.8, 4) is 5.75 Å². The highest BCUT2D eigenvalue weighted by atomic mass is 16.5. The highest BCUT2D eigenvalue weighted by molar-refractivity contribution is 5.97. The van der Waals surface area contributed by atoms with Crippen molar-refractivity contribution >= 4 is 11.6 Å². The van der Waals surface area contributed by atoms with Crippen molar-refractivity contribution in [2.24, 2.45) is 0 Å². The number of hydrogen-bond acceptors (Lipinski definition) is 4. The number of likely N-dealkylation sites (tertiary alicyclic amines) is 1. The van der Waals surface area contributed by atoms with Gasteiger partial charge in [-0.25, -0.2) is 0 Å². The van der Waals surface area contributed by atoms with Crippen LogP contribution in [0.1, 0.15) is 59.3 Å². The molecule has 1 aliphatic rings. The van der Waals surface area contributed by atoms with Crippen LogP contribution in [-0.2, 0) is 9.53 Å². The lowest BCUT2D eigenvalue weighted by molar-refractivity contribution is -0.136. The Hall–Kier alpha value is -1.59. The number of nitrogens with zero attached hydrogens (tertiary/aromatic N) is 1. The molecule has 1 fully saturated rings. The van der Waals surface area contributed by atoms with Crippen molar-refractivity contribution in [2.45, 2.75) is 70.9 Å². The summed E-state index contributed by atoms with van der Waals surface area (Å²) in [6.45, 7) is 9.07. The van der Waals surface area contributed by atoms with Gasteiger partial charge in [-0.1, -0.05) is 26.2 Å². The van der Waals surface area contributed by atoms with Gasteiger partial charge < -0.3 is 14.8 Å². The van der Waals surface area contributed by atoms with Crippen molar-refractivity contribution < 1.29 is 14.3 Å². The van der Waals surface area contributed by atoms with Crippen molar-refractivity contribution in [1.82, 2.24) is 4.90 Å². The summed E-state index contributed by atoms with van der Waals surface area (Å²) in [4.78, 5) is 15.1. The Morgan fingerprint density at radius 2 is 2.04 bits per heavy atom. The van der Waals surface area contributed by atoms with Gasteiger partial charge in [0.2, 0.25) is 0 Å². The molecule has 152 valence electrons. The van der Waals surface area contributed by atoms with E-state index in [1.807, 2.05) is 31.2 Å². The minimum atomic E-state index is -0.795. The molecule has 27 heavy (non-hydrogen) atoms. The Balaban J connectivity index is 1.81. The predicted octanol–water partition coefficient (Wildman–Crippen LogP) is 4.47. The van der Waals surface area contributed by atoms with Gasteiger partial charge in [0.05, 0.1) is 0 Å². The number of benzene rings is 1. The largest absolute Gasteiger partial charge is 0.492 e. The maximum absolute atomic E-state index is 12.6. The summed E-state index contributed by atoms with van der Waals surface area (Å²) >= 11 is 0. The molecule has 0 unspecified atom stereocenters. The normalized spacial score (nSPS) is 20.1. The number of methoxy groups -OCH3 is 1. The van der Waals surface area contributed by atoms with Crippen LogP contribution in [-0.4, -0.2) is 49.3 Å². The highest BCUT2D eigenvalue weighted by Crippen LogP contribution is 2.22. The maximum atomic E-state index is 12.6. The van der Waals surface area contributed by atoms with Crippen LogP contribution in [0.2, 0.25) is 0 Å². The summed E-state index contributed by atoms with van der Waals surface area (Å²) < 4.78 is 11.4. The fraction of sp³-hybridized carbons (Fsp3) is 0.682. The van der Waals surface area contributed by atoms with Crippen LogP contribution in [0.5, 0.6) is 5.75 Å². The van der Waals surface area contributed by atoms with Gasteiger partial charge in [0, 0.05) is 25.4 Å². The molecule has 0 aromatic heterocycles. The molecule has 1 aromatic carbocycles. The summed E-state index contributed by atoms with van der Waals surface area (Å²) in [5.74, 6) is 0.726. The molecule has 1 N–H and O–H groups in total. The fourth-order valence-corrected chi connectivity index (χ4v) is 3.49. The smallest absolute Gasteiger partial charge is 0.256 e. The zero-order valence-corrected chi connectivity index (χ0v) is 17.4. The first kappa shape index (κ1) is 21.7. The molecular weight excluding hydrogens is 340 g/mol. The van der Waals surface area contributed by atoms with Crippen LogP contribution < -0.4 is 10.1 Å². The second-order valence-corrected chi connectivity index (χ2v) is 7.75. The lowest BCUT2D eigenvalue weighted by Crippen LogP contribution is -2.41. The van der Waals surface area contributed by atoms with E-state index < -0.39 is 5.60 Å². The number of amides is 1. The highest BCUT2D eigenvalue weighted by Gasteiger charge is 2.32. The van der Waals surface area contributed by atoms with Crippen molar-refractivity contribution in [1.29, 1.82) is 0 Å². The number of anilines is 1. The van der Waals surface area contributed by atoms with Crippen LogP contribution in [0.15, 0.2) is 24.3 Å². The quantitative estimate of drug-likeness (QED) is 0.654. The number of rotatable bonds is 10. The molecule has 1 aliphatic heterocycles. The van der Waals surface area contributed by atoms with Crippen LogP contribution >= 0.6 is 0 Å². The summed E-state index contributed by atoms with van der Waals surface area (Å²) in [6.07, 6.45) is 6.62. The Morgan fingerprint density at radius 1 is 1.30 bits per heavy atom. The first-order chi connectivity index (χ1) is 13.0. The molecule has 0 saturated carbocycles. The minimum absolute atomic E-state index is 0.105. The average molecular weight is 377 g/mol. The second-order valence-electron chi connectivity index (χ2n) is 7.75. The molecule has 1 saturated heterocycles. The molecule has 0 aliphatic carbocycles. The lowest BCUT2D eigenvalue weighted by atomic mass is 9.97. The van der Waals surface area contributed by atoms with E-state index in [0.29, 0.717) is 19.1 Å². The molecule has 0 radical (unpaired) electrons. The van der Waals surface area contributed by atoms with E-state index in [0.717, 1.165) is 30.8 Å². The third kappa shape index (κ3) is 6.51. The standard InChI is InChI=1S/C22H36N2O3/c1-5-6-14-22(3,26-4)21(25)23-19-10-12-20(13-11-19)27-17-16-24-15-8-7-9-18(24)2/h10-13,18H,5-9,14-17H2,1-4H3,(H,23,25)/t18-,22-/m0/s1. The molecule has 1 heterocycles. The van der Waals surface area contributed by atoms with Crippen LogP contribution in [0.4, 0.5) is 5.69 Å². The molecule has 0 spiro atoms. The van der Waals surface area contributed by atoms with Crippen molar-refractivity contribution in [2.75, 3.05) is 32.1 Å². The molecule has 2 rings (SSSR count). The summed E-state index contributed by atoms with van der Waals surface area (Å²) in [6, 6.07) is 8.23. The number of unbranched alkanes of at least 4 members (excludes halogenated alkanes) is 1. The number of carbonyl (C=O) groups is 1. The van der Waals surface area contributed by atoms with Gasteiger partial charge in [-0.3, -0.25) is 9.69 Å². The third-order valence-corrected chi connectivity index (χ3v) is 5.64. The van der Waals surface area contributed by atoms with Gasteiger partial charge in [-0.2, -0.15) is 0 Å². The minimum Gasteiger partial charge on any atom is -0.492 e. The SMILES string of the molecule is CCCC[C@](C)(OC)C(=O)Nc1ccc(OCCN2CCCC[C@@H]2C)cc1. The maximum Gasteiger partial charge on any atom is 0.256 e. The Morgan fingerprint density at radius 3 is 2.67 bits per heavy atom. The first-order valence-corrected chi connectivity index (χ1v) is 10.3. The monoisotopic (exact) mass is 376 g/mol. The summed E-state index contributed by atoms with van der Waals surface area (Å²) in [5, 5.41) is 2.96. The van der Waals surface area contributed by atoms with E-state index in [1.54, 1.807) is 7.11 Å². The number of hydrogen-bond donors (Lipinski definition) is 1. The van der Waals surface area contributed by atoms with Crippen LogP contribution in [0.25, 0.3) is 0 Å².